The van der Waals surface area contributed by atoms with E-state index in [1.165, 1.54) is 89.9 Å². The third-order valence-corrected chi connectivity index (χ3v) is 7.77. The Morgan fingerprint density at radius 2 is 1.00 bits per heavy atom. The molecule has 0 bridgehead atoms. The van der Waals surface area contributed by atoms with Crippen LogP contribution in [0.4, 0.5) is 0 Å². The van der Waals surface area contributed by atoms with Crippen molar-refractivity contribution in [1.29, 1.82) is 0 Å². The summed E-state index contributed by atoms with van der Waals surface area (Å²) in [5.41, 5.74) is 0. The smallest absolute Gasteiger partial charge is 0.220 e. The van der Waals surface area contributed by atoms with Crippen molar-refractivity contribution in [3.8, 4) is 23.7 Å². The lowest BCUT2D eigenvalue weighted by Gasteiger charge is -2.35. The Labute approximate surface area is 226 Å². The van der Waals surface area contributed by atoms with E-state index >= 15 is 0 Å². The number of amides is 1. The van der Waals surface area contributed by atoms with Gasteiger partial charge in [-0.1, -0.05) is 102 Å². The number of carbonyl (C=O) groups excluding carboxylic acids is 1. The van der Waals surface area contributed by atoms with Gasteiger partial charge < -0.3 is 9.80 Å². The summed E-state index contributed by atoms with van der Waals surface area (Å²) in [4.78, 5) is 12.1. The Morgan fingerprint density at radius 1 is 0.583 bits per heavy atom. The minimum atomic E-state index is 0.223. The number of rotatable bonds is 24. The van der Waals surface area contributed by atoms with Crippen molar-refractivity contribution in [2.75, 3.05) is 32.7 Å². The van der Waals surface area contributed by atoms with E-state index in [0.717, 1.165) is 62.9 Å². The zero-order valence-electron chi connectivity index (χ0n) is 24.8. The fourth-order valence-electron chi connectivity index (χ4n) is 4.79. The summed E-state index contributed by atoms with van der Waals surface area (Å²) in [7, 11) is 0. The van der Waals surface area contributed by atoms with Crippen LogP contribution in [0.5, 0.6) is 0 Å². The number of carbonyl (C=O) groups is 1. The first-order valence-electron chi connectivity index (χ1n) is 15.7. The first kappa shape index (κ1) is 34.6. The zero-order chi connectivity index (χ0) is 26.6. The first-order chi connectivity index (χ1) is 17.6. The molecule has 208 valence electrons. The molecule has 3 heteroatoms. The third-order valence-electron chi connectivity index (χ3n) is 7.77. The summed E-state index contributed by atoms with van der Waals surface area (Å²) >= 11 is 0. The SMILES string of the molecule is CCCCCCCCCCCCC#CC#CCCCCCCCCC(=O)NCC[N+](CC)(CC)CC. The highest BCUT2D eigenvalue weighted by Gasteiger charge is 2.20. The first-order valence-corrected chi connectivity index (χ1v) is 15.7. The van der Waals surface area contributed by atoms with E-state index in [9.17, 15) is 4.79 Å². The fourth-order valence-corrected chi connectivity index (χ4v) is 4.79. The highest BCUT2D eigenvalue weighted by atomic mass is 16.1. The molecule has 0 saturated carbocycles. The van der Waals surface area contributed by atoms with Gasteiger partial charge in [0.15, 0.2) is 0 Å². The molecule has 0 aliphatic heterocycles. The monoisotopic (exact) mass is 501 g/mol. The van der Waals surface area contributed by atoms with Crippen LogP contribution in [0.3, 0.4) is 0 Å². The Morgan fingerprint density at radius 3 is 1.44 bits per heavy atom. The van der Waals surface area contributed by atoms with E-state index in [-0.39, 0.29) is 5.91 Å². The van der Waals surface area contributed by atoms with Gasteiger partial charge in [-0.05, 0) is 51.9 Å². The molecule has 0 heterocycles. The molecular weight excluding hydrogens is 440 g/mol. The van der Waals surface area contributed by atoms with Crippen molar-refractivity contribution in [3.05, 3.63) is 0 Å². The number of nitrogens with one attached hydrogen (secondary N) is 1. The van der Waals surface area contributed by atoms with E-state index in [1.54, 1.807) is 0 Å². The average molecular weight is 502 g/mol. The van der Waals surface area contributed by atoms with Crippen LogP contribution >= 0.6 is 0 Å². The van der Waals surface area contributed by atoms with Crippen LogP contribution in [0, 0.1) is 23.7 Å². The lowest BCUT2D eigenvalue weighted by atomic mass is 10.1. The number of quaternary nitrogens is 1. The molecule has 0 atom stereocenters. The predicted molar refractivity (Wildman–Crippen MR) is 159 cm³/mol. The van der Waals surface area contributed by atoms with Crippen molar-refractivity contribution in [2.45, 2.75) is 150 Å². The molecule has 0 aromatic rings. The van der Waals surface area contributed by atoms with E-state index < -0.39 is 0 Å². The summed E-state index contributed by atoms with van der Waals surface area (Å²) in [6.07, 6.45) is 23.4. The molecule has 1 amide bonds. The van der Waals surface area contributed by atoms with Gasteiger partial charge in [0, 0.05) is 19.3 Å². The van der Waals surface area contributed by atoms with E-state index in [0.29, 0.717) is 6.42 Å². The predicted octanol–water partition coefficient (Wildman–Crippen LogP) is 8.42. The maximum atomic E-state index is 12.1. The molecule has 3 nitrogen and oxygen atoms in total. The van der Waals surface area contributed by atoms with Gasteiger partial charge in [0.2, 0.25) is 5.91 Å². The van der Waals surface area contributed by atoms with Crippen molar-refractivity contribution >= 4 is 5.91 Å². The minimum absolute atomic E-state index is 0.223. The minimum Gasteiger partial charge on any atom is -0.350 e. The quantitative estimate of drug-likeness (QED) is 0.0802. The summed E-state index contributed by atoms with van der Waals surface area (Å²) in [6.45, 7) is 14.3. The number of hydrogen-bond acceptors (Lipinski definition) is 1. The van der Waals surface area contributed by atoms with Crippen LogP contribution in [-0.2, 0) is 4.79 Å². The molecule has 0 rings (SSSR count). The third kappa shape index (κ3) is 21.8. The molecule has 1 N–H and O–H groups in total. The van der Waals surface area contributed by atoms with Gasteiger partial charge in [-0.15, -0.1) is 0 Å². The second kappa shape index (κ2) is 26.6. The zero-order valence-corrected chi connectivity index (χ0v) is 24.8. The topological polar surface area (TPSA) is 29.1 Å². The molecule has 0 aliphatic carbocycles. The second-order valence-electron chi connectivity index (χ2n) is 10.5. The number of likely N-dealkylation sites (N-methyl/N-ethyl adjacent to an activating group) is 1. The van der Waals surface area contributed by atoms with Gasteiger partial charge in [0.05, 0.1) is 32.7 Å². The van der Waals surface area contributed by atoms with Gasteiger partial charge in [0.1, 0.15) is 0 Å². The van der Waals surface area contributed by atoms with Crippen LogP contribution < -0.4 is 5.32 Å². The van der Waals surface area contributed by atoms with Crippen molar-refractivity contribution < 1.29 is 9.28 Å². The molecule has 0 unspecified atom stereocenters. The highest BCUT2D eigenvalue weighted by Crippen LogP contribution is 2.11. The van der Waals surface area contributed by atoms with Gasteiger partial charge in [-0.25, -0.2) is 0 Å². The summed E-state index contributed by atoms with van der Waals surface area (Å²) in [6, 6.07) is 0. The van der Waals surface area contributed by atoms with Crippen LogP contribution in [0.1, 0.15) is 150 Å². The van der Waals surface area contributed by atoms with Crippen LogP contribution in [0.25, 0.3) is 0 Å². The van der Waals surface area contributed by atoms with Gasteiger partial charge in [0.25, 0.3) is 0 Å². The van der Waals surface area contributed by atoms with Gasteiger partial charge >= 0.3 is 0 Å². The number of nitrogens with zero attached hydrogens (tertiary/aromatic N) is 1. The summed E-state index contributed by atoms with van der Waals surface area (Å²) in [5, 5.41) is 3.12. The Balaban J connectivity index is 3.46. The molecule has 36 heavy (non-hydrogen) atoms. The maximum absolute atomic E-state index is 12.1. The van der Waals surface area contributed by atoms with Crippen LogP contribution in [0.2, 0.25) is 0 Å². The highest BCUT2D eigenvalue weighted by molar-refractivity contribution is 5.75. The van der Waals surface area contributed by atoms with Crippen molar-refractivity contribution in [3.63, 3.8) is 0 Å². The molecule has 0 fully saturated rings. The van der Waals surface area contributed by atoms with Gasteiger partial charge in [-0.2, -0.15) is 0 Å². The molecule has 0 radical (unpaired) electrons. The molecule has 0 aliphatic rings. The molecule has 0 aromatic carbocycles. The fraction of sp³-hybridized carbons (Fsp3) is 0.848. The van der Waals surface area contributed by atoms with Crippen LogP contribution in [-0.4, -0.2) is 43.1 Å². The lowest BCUT2D eigenvalue weighted by molar-refractivity contribution is -0.922. The molecule has 0 aromatic heterocycles. The standard InChI is InChI=1S/C33H60N2O/c1-5-9-10-11-12-13-14-15-16-17-18-19-20-21-22-23-24-25-26-27-28-29-30-33(36)34-31-32-35(6-2,7-3)8-4/h5-18,23-32H2,1-4H3/p+1. The number of hydrogen-bond donors (Lipinski definition) is 1. The molecule has 0 saturated heterocycles. The Hall–Kier alpha value is -1.45. The average Bonchev–Trinajstić information content (AvgIpc) is 2.90. The Kier molecular flexibility index (Phi) is 25.5. The summed E-state index contributed by atoms with van der Waals surface area (Å²) in [5.74, 6) is 12.7. The lowest BCUT2D eigenvalue weighted by Crippen LogP contribution is -2.51. The maximum Gasteiger partial charge on any atom is 0.220 e. The normalized spacial score (nSPS) is 10.9. The van der Waals surface area contributed by atoms with Crippen molar-refractivity contribution in [2.24, 2.45) is 0 Å². The Bertz CT molecular complexity index is 607. The van der Waals surface area contributed by atoms with Gasteiger partial charge in [-0.3, -0.25) is 4.79 Å². The molecule has 0 spiro atoms. The van der Waals surface area contributed by atoms with Crippen LogP contribution in [0.15, 0.2) is 0 Å². The van der Waals surface area contributed by atoms with E-state index in [4.69, 9.17) is 0 Å². The van der Waals surface area contributed by atoms with Crippen molar-refractivity contribution in [1.82, 2.24) is 5.32 Å². The van der Waals surface area contributed by atoms with E-state index in [2.05, 4.69) is 56.7 Å². The summed E-state index contributed by atoms with van der Waals surface area (Å²) < 4.78 is 1.09. The largest absolute Gasteiger partial charge is 0.350 e. The molecular formula is C33H61N2O+. The number of unbranched alkanes of at least 4 members (excludes halogenated alkanes) is 16. The van der Waals surface area contributed by atoms with E-state index in [1.807, 2.05) is 0 Å². The second-order valence-corrected chi connectivity index (χ2v) is 10.5.